The highest BCUT2D eigenvalue weighted by Crippen LogP contribution is 2.11. The summed E-state index contributed by atoms with van der Waals surface area (Å²) in [6.07, 6.45) is 0.862. The van der Waals surface area contributed by atoms with Gasteiger partial charge in [-0.3, -0.25) is 14.6 Å². The number of benzene rings is 1. The number of ketones is 1. The van der Waals surface area contributed by atoms with Crippen molar-refractivity contribution in [1.29, 1.82) is 0 Å². The van der Waals surface area contributed by atoms with Gasteiger partial charge in [-0.05, 0) is 20.5 Å². The van der Waals surface area contributed by atoms with Crippen LogP contribution in [-0.2, 0) is 4.74 Å². The molecule has 0 aliphatic carbocycles. The van der Waals surface area contributed by atoms with Crippen LogP contribution in [0.15, 0.2) is 30.3 Å². The fourth-order valence-corrected chi connectivity index (χ4v) is 2.55. The van der Waals surface area contributed by atoms with Crippen molar-refractivity contribution in [3.63, 3.8) is 0 Å². The summed E-state index contributed by atoms with van der Waals surface area (Å²) in [7, 11) is 3.95. The first-order chi connectivity index (χ1) is 9.68. The Morgan fingerprint density at radius 2 is 1.90 bits per heavy atom. The molecule has 4 heteroatoms. The van der Waals surface area contributed by atoms with Gasteiger partial charge < -0.3 is 4.74 Å². The summed E-state index contributed by atoms with van der Waals surface area (Å²) in [5.74, 6) is 0.212. The zero-order valence-corrected chi connectivity index (χ0v) is 12.4. The molecular formula is C16H24N2O2. The van der Waals surface area contributed by atoms with Crippen LogP contribution in [0.3, 0.4) is 0 Å². The first kappa shape index (κ1) is 15.2. The van der Waals surface area contributed by atoms with E-state index in [0.29, 0.717) is 0 Å². The van der Waals surface area contributed by atoms with Crippen molar-refractivity contribution in [1.82, 2.24) is 9.80 Å². The molecule has 1 aliphatic rings. The maximum absolute atomic E-state index is 12.6. The number of Topliss-reactive ketones (excluding diaryl/α,β-unsaturated/α-hetero) is 1. The first-order valence-electron chi connectivity index (χ1n) is 7.24. The van der Waals surface area contributed by atoms with E-state index in [9.17, 15) is 4.79 Å². The largest absolute Gasteiger partial charge is 0.379 e. The molecule has 0 saturated carbocycles. The second-order valence-electron chi connectivity index (χ2n) is 5.45. The molecule has 0 bridgehead atoms. The Bertz CT molecular complexity index is 414. The number of hydrogen-bond donors (Lipinski definition) is 0. The van der Waals surface area contributed by atoms with E-state index in [-0.39, 0.29) is 11.8 Å². The highest BCUT2D eigenvalue weighted by Gasteiger charge is 2.23. The van der Waals surface area contributed by atoms with Gasteiger partial charge in [0.1, 0.15) is 0 Å². The molecule has 1 atom stereocenters. The summed E-state index contributed by atoms with van der Waals surface area (Å²) < 4.78 is 5.35. The molecule has 1 saturated heterocycles. The van der Waals surface area contributed by atoms with Gasteiger partial charge in [-0.15, -0.1) is 0 Å². The van der Waals surface area contributed by atoms with E-state index in [1.54, 1.807) is 0 Å². The number of morpholine rings is 1. The van der Waals surface area contributed by atoms with E-state index in [2.05, 4.69) is 4.90 Å². The average Bonchev–Trinajstić information content (AvgIpc) is 2.49. The van der Waals surface area contributed by atoms with Crippen molar-refractivity contribution in [3.8, 4) is 0 Å². The van der Waals surface area contributed by atoms with Crippen LogP contribution >= 0.6 is 0 Å². The molecule has 110 valence electrons. The van der Waals surface area contributed by atoms with Crippen LogP contribution in [0.25, 0.3) is 0 Å². The third-order valence-electron chi connectivity index (χ3n) is 3.81. The van der Waals surface area contributed by atoms with Gasteiger partial charge in [-0.2, -0.15) is 0 Å². The monoisotopic (exact) mass is 276 g/mol. The van der Waals surface area contributed by atoms with E-state index in [1.165, 1.54) is 0 Å². The Hall–Kier alpha value is -1.23. The topological polar surface area (TPSA) is 32.8 Å². The van der Waals surface area contributed by atoms with Crippen molar-refractivity contribution >= 4 is 5.78 Å². The standard InChI is InChI=1S/C16H24N2O2/c1-17(2)15(8-9-18-10-12-20-13-11-18)16(19)14-6-4-3-5-7-14/h3-7,15H,8-13H2,1-2H3. The van der Waals surface area contributed by atoms with E-state index in [4.69, 9.17) is 4.74 Å². The molecule has 0 spiro atoms. The van der Waals surface area contributed by atoms with Gasteiger partial charge >= 0.3 is 0 Å². The second-order valence-corrected chi connectivity index (χ2v) is 5.45. The molecule has 0 aromatic heterocycles. The van der Waals surface area contributed by atoms with Crippen LogP contribution in [0.2, 0.25) is 0 Å². The van der Waals surface area contributed by atoms with E-state index < -0.39 is 0 Å². The van der Waals surface area contributed by atoms with Gasteiger partial charge in [0, 0.05) is 25.2 Å². The lowest BCUT2D eigenvalue weighted by molar-refractivity contribution is 0.0341. The molecular weight excluding hydrogens is 252 g/mol. The Morgan fingerprint density at radius 3 is 2.50 bits per heavy atom. The number of likely N-dealkylation sites (N-methyl/N-ethyl adjacent to an activating group) is 1. The minimum Gasteiger partial charge on any atom is -0.379 e. The Kier molecular flexibility index (Phi) is 5.71. The van der Waals surface area contributed by atoms with Crippen molar-refractivity contribution in [2.45, 2.75) is 12.5 Å². The third kappa shape index (κ3) is 4.13. The fraction of sp³-hybridized carbons (Fsp3) is 0.562. The fourth-order valence-electron chi connectivity index (χ4n) is 2.55. The Labute approximate surface area is 121 Å². The minimum absolute atomic E-state index is 0.0553. The van der Waals surface area contributed by atoms with Gasteiger partial charge in [-0.1, -0.05) is 30.3 Å². The zero-order chi connectivity index (χ0) is 14.4. The van der Waals surface area contributed by atoms with Gasteiger partial charge in [-0.25, -0.2) is 0 Å². The Balaban J connectivity index is 1.94. The molecule has 1 aliphatic heterocycles. The summed E-state index contributed by atoms with van der Waals surface area (Å²) >= 11 is 0. The highest BCUT2D eigenvalue weighted by atomic mass is 16.5. The van der Waals surface area contributed by atoms with Crippen LogP contribution < -0.4 is 0 Å². The number of rotatable bonds is 6. The molecule has 0 N–H and O–H groups in total. The van der Waals surface area contributed by atoms with E-state index in [1.807, 2.05) is 49.3 Å². The summed E-state index contributed by atoms with van der Waals surface area (Å²) in [5, 5.41) is 0. The molecule has 4 nitrogen and oxygen atoms in total. The maximum Gasteiger partial charge on any atom is 0.179 e. The summed E-state index contributed by atoms with van der Waals surface area (Å²) in [6.45, 7) is 4.50. The molecule has 1 heterocycles. The SMILES string of the molecule is CN(C)C(CCN1CCOCC1)C(=O)c1ccccc1. The lowest BCUT2D eigenvalue weighted by Crippen LogP contribution is -2.42. The summed E-state index contributed by atoms with van der Waals surface area (Å²) in [6, 6.07) is 9.51. The Morgan fingerprint density at radius 1 is 1.25 bits per heavy atom. The predicted molar refractivity (Wildman–Crippen MR) is 80.1 cm³/mol. The van der Waals surface area contributed by atoms with Gasteiger partial charge in [0.2, 0.25) is 0 Å². The maximum atomic E-state index is 12.6. The number of nitrogens with zero attached hydrogens (tertiary/aromatic N) is 2. The molecule has 1 fully saturated rings. The highest BCUT2D eigenvalue weighted by molar-refractivity contribution is 6.00. The van der Waals surface area contributed by atoms with E-state index >= 15 is 0 Å². The van der Waals surface area contributed by atoms with Crippen molar-refractivity contribution in [2.75, 3.05) is 46.9 Å². The molecule has 1 unspecified atom stereocenters. The smallest absolute Gasteiger partial charge is 0.179 e. The van der Waals surface area contributed by atoms with Crippen LogP contribution in [-0.4, -0.2) is 68.6 Å². The van der Waals surface area contributed by atoms with Crippen LogP contribution in [0.4, 0.5) is 0 Å². The molecule has 20 heavy (non-hydrogen) atoms. The lowest BCUT2D eigenvalue weighted by atomic mass is 10.0. The number of carbonyl (C=O) groups is 1. The summed E-state index contributed by atoms with van der Waals surface area (Å²) in [5.41, 5.74) is 0.799. The molecule has 1 aromatic carbocycles. The van der Waals surface area contributed by atoms with Crippen LogP contribution in [0.5, 0.6) is 0 Å². The van der Waals surface area contributed by atoms with Crippen molar-refractivity contribution in [3.05, 3.63) is 35.9 Å². The molecule has 1 aromatic rings. The van der Waals surface area contributed by atoms with Crippen LogP contribution in [0.1, 0.15) is 16.8 Å². The number of ether oxygens (including phenoxy) is 1. The van der Waals surface area contributed by atoms with Gasteiger partial charge in [0.25, 0.3) is 0 Å². The second kappa shape index (κ2) is 7.53. The van der Waals surface area contributed by atoms with E-state index in [0.717, 1.165) is 44.8 Å². The molecule has 0 amide bonds. The van der Waals surface area contributed by atoms with Crippen molar-refractivity contribution < 1.29 is 9.53 Å². The van der Waals surface area contributed by atoms with Crippen LogP contribution in [0, 0.1) is 0 Å². The normalized spacial score (nSPS) is 18.1. The zero-order valence-electron chi connectivity index (χ0n) is 12.4. The molecule has 2 rings (SSSR count). The quantitative estimate of drug-likeness (QED) is 0.738. The number of hydrogen-bond acceptors (Lipinski definition) is 4. The lowest BCUT2D eigenvalue weighted by Gasteiger charge is -2.30. The molecule has 0 radical (unpaired) electrons. The predicted octanol–water partition coefficient (Wildman–Crippen LogP) is 1.52. The number of carbonyl (C=O) groups excluding carboxylic acids is 1. The average molecular weight is 276 g/mol. The minimum atomic E-state index is -0.0553. The summed E-state index contributed by atoms with van der Waals surface area (Å²) in [4.78, 5) is 17.0. The van der Waals surface area contributed by atoms with Crippen molar-refractivity contribution in [2.24, 2.45) is 0 Å². The van der Waals surface area contributed by atoms with Gasteiger partial charge in [0.15, 0.2) is 5.78 Å². The first-order valence-corrected chi connectivity index (χ1v) is 7.24. The third-order valence-corrected chi connectivity index (χ3v) is 3.81. The van der Waals surface area contributed by atoms with Gasteiger partial charge in [0.05, 0.1) is 19.3 Å².